The van der Waals surface area contributed by atoms with E-state index in [1.54, 1.807) is 0 Å². The number of rotatable bonds is 6. The third kappa shape index (κ3) is 4.26. The minimum atomic E-state index is -0.352. The van der Waals surface area contributed by atoms with Crippen molar-refractivity contribution >= 4 is 11.6 Å². The zero-order chi connectivity index (χ0) is 16.8. The Balaban J connectivity index is 1.43. The molecule has 24 heavy (non-hydrogen) atoms. The Kier molecular flexibility index (Phi) is 5.71. The second-order valence-electron chi connectivity index (χ2n) is 6.18. The molecule has 0 aromatic heterocycles. The lowest BCUT2D eigenvalue weighted by Gasteiger charge is -2.37. The van der Waals surface area contributed by atoms with Gasteiger partial charge in [0.05, 0.1) is 25.5 Å². The lowest BCUT2D eigenvalue weighted by Crippen LogP contribution is -2.45. The summed E-state index contributed by atoms with van der Waals surface area (Å²) in [6.45, 7) is 6.46. The van der Waals surface area contributed by atoms with Gasteiger partial charge in [-0.15, -0.1) is 0 Å². The van der Waals surface area contributed by atoms with E-state index >= 15 is 0 Å². The number of piperidine rings is 1. The maximum Gasteiger partial charge on any atom is 0.225 e. The van der Waals surface area contributed by atoms with E-state index in [1.807, 2.05) is 31.2 Å². The molecule has 0 aliphatic carbocycles. The monoisotopic (exact) mass is 334 g/mol. The Bertz CT molecular complexity index is 548. The standard InChI is InChI=1S/C18H26N2O4/c1-2-22-16-6-4-3-5-15(16)19-17(21)7-10-20-11-8-18(9-12-20)23-13-14-24-18/h3-6H,2,7-14H2,1H3,(H,19,21). The van der Waals surface area contributed by atoms with Crippen molar-refractivity contribution in [2.75, 3.05) is 44.8 Å². The summed E-state index contributed by atoms with van der Waals surface area (Å²) in [5, 5.41) is 2.94. The van der Waals surface area contributed by atoms with Crippen molar-refractivity contribution in [1.29, 1.82) is 0 Å². The van der Waals surface area contributed by atoms with Crippen LogP contribution in [0.5, 0.6) is 5.75 Å². The van der Waals surface area contributed by atoms with Crippen LogP contribution in [0.3, 0.4) is 0 Å². The highest BCUT2D eigenvalue weighted by atomic mass is 16.7. The highest BCUT2D eigenvalue weighted by Crippen LogP contribution is 2.31. The SMILES string of the molecule is CCOc1ccccc1NC(=O)CCN1CCC2(CC1)OCCO2. The lowest BCUT2D eigenvalue weighted by atomic mass is 10.0. The molecule has 1 aromatic rings. The summed E-state index contributed by atoms with van der Waals surface area (Å²) in [6, 6.07) is 7.52. The topological polar surface area (TPSA) is 60.0 Å². The molecular weight excluding hydrogens is 308 g/mol. The van der Waals surface area contributed by atoms with Crippen molar-refractivity contribution < 1.29 is 19.0 Å². The molecule has 1 spiro atoms. The number of ether oxygens (including phenoxy) is 3. The molecule has 2 fully saturated rings. The Morgan fingerprint density at radius 3 is 2.67 bits per heavy atom. The maximum absolute atomic E-state index is 12.2. The molecule has 2 aliphatic heterocycles. The second-order valence-corrected chi connectivity index (χ2v) is 6.18. The van der Waals surface area contributed by atoms with Gasteiger partial charge in [0, 0.05) is 38.9 Å². The average Bonchev–Trinajstić information content (AvgIpc) is 3.05. The van der Waals surface area contributed by atoms with E-state index in [-0.39, 0.29) is 11.7 Å². The number of hydrogen-bond donors (Lipinski definition) is 1. The van der Waals surface area contributed by atoms with Crippen molar-refractivity contribution in [2.24, 2.45) is 0 Å². The lowest BCUT2D eigenvalue weighted by molar-refractivity contribution is -0.185. The summed E-state index contributed by atoms with van der Waals surface area (Å²) in [4.78, 5) is 14.5. The highest BCUT2D eigenvalue weighted by Gasteiger charge is 2.39. The van der Waals surface area contributed by atoms with Gasteiger partial charge in [-0.2, -0.15) is 0 Å². The largest absolute Gasteiger partial charge is 0.492 e. The van der Waals surface area contributed by atoms with Crippen molar-refractivity contribution in [3.05, 3.63) is 24.3 Å². The van der Waals surface area contributed by atoms with Gasteiger partial charge < -0.3 is 24.4 Å². The molecule has 2 heterocycles. The Morgan fingerprint density at radius 1 is 1.25 bits per heavy atom. The summed E-state index contributed by atoms with van der Waals surface area (Å²) in [5.74, 6) is 0.370. The van der Waals surface area contributed by atoms with Gasteiger partial charge in [-0.05, 0) is 19.1 Å². The summed E-state index contributed by atoms with van der Waals surface area (Å²) >= 11 is 0. The Hall–Kier alpha value is -1.63. The molecule has 3 rings (SSSR count). The van der Waals surface area contributed by atoms with Gasteiger partial charge in [0.1, 0.15) is 5.75 Å². The molecule has 1 amide bonds. The predicted octanol–water partition coefficient (Wildman–Crippen LogP) is 2.25. The highest BCUT2D eigenvalue weighted by molar-refractivity contribution is 5.92. The fourth-order valence-electron chi connectivity index (χ4n) is 3.23. The van der Waals surface area contributed by atoms with Gasteiger partial charge in [-0.3, -0.25) is 4.79 Å². The molecule has 0 saturated carbocycles. The number of hydrogen-bond acceptors (Lipinski definition) is 5. The van der Waals surface area contributed by atoms with E-state index in [1.165, 1.54) is 0 Å². The minimum absolute atomic E-state index is 0.0100. The quantitative estimate of drug-likeness (QED) is 0.865. The minimum Gasteiger partial charge on any atom is -0.492 e. The van der Waals surface area contributed by atoms with Crippen LogP contribution in [0.2, 0.25) is 0 Å². The molecule has 2 aliphatic rings. The zero-order valence-corrected chi connectivity index (χ0v) is 14.3. The van der Waals surface area contributed by atoms with E-state index in [0.717, 1.165) is 38.2 Å². The van der Waals surface area contributed by atoms with Crippen LogP contribution in [0.1, 0.15) is 26.2 Å². The smallest absolute Gasteiger partial charge is 0.225 e. The summed E-state index contributed by atoms with van der Waals surface area (Å²) in [5.41, 5.74) is 0.731. The molecule has 0 radical (unpaired) electrons. The maximum atomic E-state index is 12.2. The number of anilines is 1. The molecule has 132 valence electrons. The first-order valence-electron chi connectivity index (χ1n) is 8.73. The van der Waals surface area contributed by atoms with E-state index in [9.17, 15) is 4.79 Å². The molecule has 1 aromatic carbocycles. The molecule has 6 heteroatoms. The molecule has 2 saturated heterocycles. The van der Waals surface area contributed by atoms with Gasteiger partial charge in [0.2, 0.25) is 5.91 Å². The van der Waals surface area contributed by atoms with Crippen molar-refractivity contribution in [3.63, 3.8) is 0 Å². The van der Waals surface area contributed by atoms with Crippen LogP contribution >= 0.6 is 0 Å². The van der Waals surface area contributed by atoms with Gasteiger partial charge in [-0.25, -0.2) is 0 Å². The van der Waals surface area contributed by atoms with Gasteiger partial charge in [0.15, 0.2) is 5.79 Å². The van der Waals surface area contributed by atoms with Gasteiger partial charge in [-0.1, -0.05) is 12.1 Å². The van der Waals surface area contributed by atoms with Crippen LogP contribution in [0.15, 0.2) is 24.3 Å². The summed E-state index contributed by atoms with van der Waals surface area (Å²) in [6.07, 6.45) is 2.22. The molecular formula is C18H26N2O4. The van der Waals surface area contributed by atoms with Crippen LogP contribution in [0.25, 0.3) is 0 Å². The summed E-state index contributed by atoms with van der Waals surface area (Å²) in [7, 11) is 0. The van der Waals surface area contributed by atoms with E-state index in [4.69, 9.17) is 14.2 Å². The third-order valence-corrected chi connectivity index (χ3v) is 4.55. The number of carbonyl (C=O) groups excluding carboxylic acids is 1. The van der Waals surface area contributed by atoms with Gasteiger partial charge in [0.25, 0.3) is 0 Å². The van der Waals surface area contributed by atoms with Crippen molar-refractivity contribution in [3.8, 4) is 5.75 Å². The molecule has 1 N–H and O–H groups in total. The van der Waals surface area contributed by atoms with Crippen LogP contribution in [0.4, 0.5) is 5.69 Å². The first kappa shape index (κ1) is 17.2. The predicted molar refractivity (Wildman–Crippen MR) is 91.2 cm³/mol. The molecule has 0 unspecified atom stereocenters. The molecule has 0 bridgehead atoms. The number of likely N-dealkylation sites (tertiary alicyclic amines) is 1. The van der Waals surface area contributed by atoms with Crippen molar-refractivity contribution in [2.45, 2.75) is 32.0 Å². The number of nitrogens with zero attached hydrogens (tertiary/aromatic N) is 1. The van der Waals surface area contributed by atoms with E-state index in [2.05, 4.69) is 10.2 Å². The van der Waals surface area contributed by atoms with Crippen LogP contribution in [0, 0.1) is 0 Å². The number of nitrogens with one attached hydrogen (secondary N) is 1. The number of carbonyl (C=O) groups is 1. The van der Waals surface area contributed by atoms with Crippen molar-refractivity contribution in [1.82, 2.24) is 4.90 Å². The van der Waals surface area contributed by atoms with E-state index in [0.29, 0.717) is 32.0 Å². The van der Waals surface area contributed by atoms with Crippen LogP contribution < -0.4 is 10.1 Å². The molecule has 6 nitrogen and oxygen atoms in total. The average molecular weight is 334 g/mol. The van der Waals surface area contributed by atoms with Crippen LogP contribution in [-0.4, -0.2) is 56.0 Å². The fraction of sp³-hybridized carbons (Fsp3) is 0.611. The second kappa shape index (κ2) is 7.96. The zero-order valence-electron chi connectivity index (χ0n) is 14.3. The molecule has 0 atom stereocenters. The van der Waals surface area contributed by atoms with Crippen LogP contribution in [-0.2, 0) is 14.3 Å². The van der Waals surface area contributed by atoms with E-state index < -0.39 is 0 Å². The Morgan fingerprint density at radius 2 is 1.96 bits per heavy atom. The third-order valence-electron chi connectivity index (χ3n) is 4.55. The number of benzene rings is 1. The number of para-hydroxylation sites is 2. The van der Waals surface area contributed by atoms with Gasteiger partial charge >= 0.3 is 0 Å². The Labute approximate surface area is 143 Å². The summed E-state index contributed by atoms with van der Waals surface area (Å²) < 4.78 is 17.0. The first-order valence-corrected chi connectivity index (χ1v) is 8.73. The first-order chi connectivity index (χ1) is 11.7. The number of amides is 1. The fourth-order valence-corrected chi connectivity index (χ4v) is 3.23. The normalized spacial score (nSPS) is 20.2.